The van der Waals surface area contributed by atoms with Crippen LogP contribution in [0.1, 0.15) is 48.4 Å². The number of halogens is 1. The van der Waals surface area contributed by atoms with Gasteiger partial charge in [-0.1, -0.05) is 36.9 Å². The zero-order chi connectivity index (χ0) is 18.8. The number of carbonyl (C=O) groups excluding carboxylic acids is 1. The van der Waals surface area contributed by atoms with Crippen LogP contribution in [0.3, 0.4) is 0 Å². The third kappa shape index (κ3) is 3.93. The molecule has 4 rings (SSSR count). The maximum Gasteiger partial charge on any atom is 0.270 e. The monoisotopic (exact) mass is 383 g/mol. The summed E-state index contributed by atoms with van der Waals surface area (Å²) in [6.45, 7) is 1.88. The quantitative estimate of drug-likeness (QED) is 0.677. The molecule has 1 fully saturated rings. The zero-order valence-electron chi connectivity index (χ0n) is 15.2. The van der Waals surface area contributed by atoms with Crippen LogP contribution in [0.2, 0.25) is 5.02 Å². The van der Waals surface area contributed by atoms with E-state index in [0.29, 0.717) is 22.2 Å². The lowest BCUT2D eigenvalue weighted by molar-refractivity contribution is 0.0920. The molecule has 140 valence electrons. The summed E-state index contributed by atoms with van der Waals surface area (Å²) >= 11 is 6.15. The smallest absolute Gasteiger partial charge is 0.270 e. The first kappa shape index (κ1) is 17.9. The van der Waals surface area contributed by atoms with Crippen LogP contribution in [0.15, 0.2) is 46.9 Å². The molecule has 27 heavy (non-hydrogen) atoms. The Morgan fingerprint density at radius 1 is 1.19 bits per heavy atom. The SMILES string of the molecule is Cc1ccc(-c2cc(C(=O)NC3CCCCC3)n(-c3cccc(Cl)c3)n2)o1. The Bertz CT molecular complexity index is 954. The van der Waals surface area contributed by atoms with Crippen molar-refractivity contribution in [2.24, 2.45) is 0 Å². The predicted molar refractivity (Wildman–Crippen MR) is 105 cm³/mol. The van der Waals surface area contributed by atoms with E-state index < -0.39 is 0 Å². The molecular weight excluding hydrogens is 362 g/mol. The third-order valence-electron chi connectivity index (χ3n) is 4.93. The maximum atomic E-state index is 13.0. The number of nitrogens with one attached hydrogen (secondary N) is 1. The third-order valence-corrected chi connectivity index (χ3v) is 5.16. The van der Waals surface area contributed by atoms with E-state index in [2.05, 4.69) is 10.4 Å². The molecule has 5 nitrogen and oxygen atoms in total. The number of benzene rings is 1. The van der Waals surface area contributed by atoms with Gasteiger partial charge in [0.1, 0.15) is 17.1 Å². The van der Waals surface area contributed by atoms with Crippen molar-refractivity contribution in [3.63, 3.8) is 0 Å². The van der Waals surface area contributed by atoms with E-state index in [1.807, 2.05) is 31.2 Å². The van der Waals surface area contributed by atoms with Gasteiger partial charge in [0.15, 0.2) is 5.76 Å². The van der Waals surface area contributed by atoms with Crippen molar-refractivity contribution in [2.45, 2.75) is 45.1 Å². The van der Waals surface area contributed by atoms with E-state index in [-0.39, 0.29) is 11.9 Å². The first-order valence-electron chi connectivity index (χ1n) is 9.34. The van der Waals surface area contributed by atoms with Crippen molar-refractivity contribution in [3.8, 4) is 17.1 Å². The van der Waals surface area contributed by atoms with Crippen LogP contribution in [0.4, 0.5) is 0 Å². The summed E-state index contributed by atoms with van der Waals surface area (Å²) in [7, 11) is 0. The Hall–Kier alpha value is -2.53. The highest BCUT2D eigenvalue weighted by Crippen LogP contribution is 2.25. The molecule has 2 aromatic heterocycles. The van der Waals surface area contributed by atoms with Gasteiger partial charge < -0.3 is 9.73 Å². The second-order valence-electron chi connectivity index (χ2n) is 7.03. The van der Waals surface area contributed by atoms with Crippen LogP contribution in [0, 0.1) is 6.92 Å². The summed E-state index contributed by atoms with van der Waals surface area (Å²) in [5.41, 5.74) is 1.84. The maximum absolute atomic E-state index is 13.0. The van der Waals surface area contributed by atoms with Crippen LogP contribution in [0.5, 0.6) is 0 Å². The molecule has 0 spiro atoms. The molecule has 0 atom stereocenters. The van der Waals surface area contributed by atoms with Crippen molar-refractivity contribution < 1.29 is 9.21 Å². The number of hydrogen-bond acceptors (Lipinski definition) is 3. The van der Waals surface area contributed by atoms with Crippen LogP contribution in [-0.2, 0) is 0 Å². The van der Waals surface area contributed by atoms with E-state index in [9.17, 15) is 4.79 Å². The number of carbonyl (C=O) groups is 1. The molecule has 0 bridgehead atoms. The first-order chi connectivity index (χ1) is 13.1. The molecule has 3 aromatic rings. The van der Waals surface area contributed by atoms with Crippen molar-refractivity contribution in [1.82, 2.24) is 15.1 Å². The van der Waals surface area contributed by atoms with Gasteiger partial charge in [-0.15, -0.1) is 0 Å². The lowest BCUT2D eigenvalue weighted by atomic mass is 9.95. The van der Waals surface area contributed by atoms with Crippen LogP contribution < -0.4 is 5.32 Å². The van der Waals surface area contributed by atoms with Crippen LogP contribution in [-0.4, -0.2) is 21.7 Å². The highest BCUT2D eigenvalue weighted by Gasteiger charge is 2.22. The highest BCUT2D eigenvalue weighted by molar-refractivity contribution is 6.30. The Balaban J connectivity index is 1.71. The van der Waals surface area contributed by atoms with Crippen LogP contribution in [0.25, 0.3) is 17.1 Å². The molecule has 6 heteroatoms. The molecule has 0 aliphatic heterocycles. The van der Waals surface area contributed by atoms with E-state index in [1.54, 1.807) is 22.9 Å². The number of nitrogens with zero attached hydrogens (tertiary/aromatic N) is 2. The van der Waals surface area contributed by atoms with Gasteiger partial charge >= 0.3 is 0 Å². The number of furan rings is 1. The van der Waals surface area contributed by atoms with Gasteiger partial charge in [0, 0.05) is 17.1 Å². The summed E-state index contributed by atoms with van der Waals surface area (Å²) in [6, 6.07) is 13.1. The fraction of sp³-hybridized carbons (Fsp3) is 0.333. The Morgan fingerprint density at radius 2 is 2.00 bits per heavy atom. The van der Waals surface area contributed by atoms with Gasteiger partial charge in [-0.25, -0.2) is 4.68 Å². The van der Waals surface area contributed by atoms with E-state index in [1.165, 1.54) is 6.42 Å². The highest BCUT2D eigenvalue weighted by atomic mass is 35.5. The fourth-order valence-corrected chi connectivity index (χ4v) is 3.73. The van der Waals surface area contributed by atoms with Crippen molar-refractivity contribution in [2.75, 3.05) is 0 Å². The van der Waals surface area contributed by atoms with Gasteiger partial charge in [0.05, 0.1) is 5.69 Å². The minimum atomic E-state index is -0.121. The lowest BCUT2D eigenvalue weighted by Gasteiger charge is -2.22. The number of amides is 1. The standard InChI is InChI=1S/C21H22ClN3O2/c1-14-10-11-20(27-14)18-13-19(21(26)23-16-7-3-2-4-8-16)25(24-18)17-9-5-6-15(22)12-17/h5-6,9-13,16H,2-4,7-8H2,1H3,(H,23,26). The molecule has 1 saturated carbocycles. The summed E-state index contributed by atoms with van der Waals surface area (Å²) in [4.78, 5) is 13.0. The lowest BCUT2D eigenvalue weighted by Crippen LogP contribution is -2.37. The number of rotatable bonds is 4. The first-order valence-corrected chi connectivity index (χ1v) is 9.71. The largest absolute Gasteiger partial charge is 0.460 e. The minimum absolute atomic E-state index is 0.121. The molecule has 1 amide bonds. The summed E-state index contributed by atoms with van der Waals surface area (Å²) in [6.07, 6.45) is 5.63. The molecule has 1 aliphatic carbocycles. The summed E-state index contributed by atoms with van der Waals surface area (Å²) in [5.74, 6) is 1.32. The van der Waals surface area contributed by atoms with E-state index in [0.717, 1.165) is 37.1 Å². The average molecular weight is 384 g/mol. The normalized spacial score (nSPS) is 15.0. The average Bonchev–Trinajstić information content (AvgIpc) is 3.29. The second kappa shape index (κ2) is 7.61. The molecule has 1 N–H and O–H groups in total. The second-order valence-corrected chi connectivity index (χ2v) is 7.46. The number of aromatic nitrogens is 2. The molecule has 0 saturated heterocycles. The van der Waals surface area contributed by atoms with Gasteiger partial charge in [0.2, 0.25) is 0 Å². The van der Waals surface area contributed by atoms with Gasteiger partial charge in [-0.3, -0.25) is 4.79 Å². The Morgan fingerprint density at radius 3 is 2.70 bits per heavy atom. The number of hydrogen-bond donors (Lipinski definition) is 1. The Labute approximate surface area is 163 Å². The topological polar surface area (TPSA) is 60.1 Å². The van der Waals surface area contributed by atoms with Gasteiger partial charge in [-0.2, -0.15) is 5.10 Å². The van der Waals surface area contributed by atoms with E-state index >= 15 is 0 Å². The van der Waals surface area contributed by atoms with Crippen molar-refractivity contribution in [1.29, 1.82) is 0 Å². The molecule has 1 aromatic carbocycles. The van der Waals surface area contributed by atoms with E-state index in [4.69, 9.17) is 16.0 Å². The Kier molecular flexibility index (Phi) is 5.03. The van der Waals surface area contributed by atoms with Gasteiger partial charge in [-0.05, 0) is 50.1 Å². The molecule has 0 unspecified atom stereocenters. The minimum Gasteiger partial charge on any atom is -0.460 e. The van der Waals surface area contributed by atoms with Crippen LogP contribution >= 0.6 is 11.6 Å². The van der Waals surface area contributed by atoms with Crippen molar-refractivity contribution >= 4 is 17.5 Å². The zero-order valence-corrected chi connectivity index (χ0v) is 16.0. The van der Waals surface area contributed by atoms with Gasteiger partial charge in [0.25, 0.3) is 5.91 Å². The fourth-order valence-electron chi connectivity index (χ4n) is 3.55. The number of aryl methyl sites for hydroxylation is 1. The van der Waals surface area contributed by atoms with Crippen molar-refractivity contribution in [3.05, 3.63) is 58.9 Å². The molecule has 0 radical (unpaired) electrons. The predicted octanol–water partition coefficient (Wildman–Crippen LogP) is 5.16. The molecule has 1 aliphatic rings. The summed E-state index contributed by atoms with van der Waals surface area (Å²) in [5, 5.41) is 8.38. The summed E-state index contributed by atoms with van der Waals surface area (Å²) < 4.78 is 7.33. The molecular formula is C21H22ClN3O2. The molecule has 2 heterocycles.